The summed E-state index contributed by atoms with van der Waals surface area (Å²) in [4.78, 5) is 10.6. The van der Waals surface area contributed by atoms with Crippen molar-refractivity contribution in [1.82, 2.24) is 0 Å². The summed E-state index contributed by atoms with van der Waals surface area (Å²) in [6.45, 7) is 4.30. The highest BCUT2D eigenvalue weighted by atomic mass is 16.1. The van der Waals surface area contributed by atoms with Crippen molar-refractivity contribution in [2.45, 2.75) is 39.5 Å². The lowest BCUT2D eigenvalue weighted by atomic mass is 9.71. The van der Waals surface area contributed by atoms with Gasteiger partial charge in [0.1, 0.15) is 6.29 Å². The fourth-order valence-corrected chi connectivity index (χ4v) is 2.24. The topological polar surface area (TPSA) is 17.1 Å². The average molecular weight is 166 g/mol. The van der Waals surface area contributed by atoms with E-state index >= 15 is 0 Å². The highest BCUT2D eigenvalue weighted by molar-refractivity contribution is 5.53. The second-order valence-electron chi connectivity index (χ2n) is 4.15. The van der Waals surface area contributed by atoms with E-state index in [0.717, 1.165) is 19.1 Å². The minimum absolute atomic E-state index is 0.290. The molecule has 0 heterocycles. The smallest absolute Gasteiger partial charge is 0.123 e. The first-order valence-electron chi connectivity index (χ1n) is 4.79. The molecule has 0 aromatic heterocycles. The van der Waals surface area contributed by atoms with Crippen LogP contribution in [0.2, 0.25) is 0 Å². The lowest BCUT2D eigenvalue weighted by molar-refractivity contribution is -0.112. The highest BCUT2D eigenvalue weighted by Crippen LogP contribution is 2.39. The quantitative estimate of drug-likeness (QED) is 0.455. The maximum absolute atomic E-state index is 10.6. The van der Waals surface area contributed by atoms with E-state index < -0.39 is 0 Å². The van der Waals surface area contributed by atoms with Crippen LogP contribution in [-0.2, 0) is 4.79 Å². The number of allylic oxidation sites excluding steroid dienone is 2. The number of hydrogen-bond donors (Lipinski definition) is 0. The van der Waals surface area contributed by atoms with Gasteiger partial charge in [-0.15, -0.1) is 0 Å². The number of rotatable bonds is 2. The number of carbonyl (C=O) groups is 1. The van der Waals surface area contributed by atoms with Crippen molar-refractivity contribution < 1.29 is 4.79 Å². The number of carbonyl (C=O) groups excluding carboxylic acids is 1. The molecule has 1 aliphatic carbocycles. The average Bonchev–Trinajstić information content (AvgIpc) is 2.04. The first-order valence-corrected chi connectivity index (χ1v) is 4.79. The Morgan fingerprint density at radius 1 is 1.50 bits per heavy atom. The molecule has 2 unspecified atom stereocenters. The van der Waals surface area contributed by atoms with Gasteiger partial charge < -0.3 is 4.79 Å². The molecular formula is C11H18O. The molecule has 1 heteroatoms. The molecule has 68 valence electrons. The molecule has 0 aromatic carbocycles. The summed E-state index contributed by atoms with van der Waals surface area (Å²) in [5, 5.41) is 0. The molecule has 0 radical (unpaired) electrons. The summed E-state index contributed by atoms with van der Waals surface area (Å²) in [6, 6.07) is 0. The molecule has 1 nitrogen and oxygen atoms in total. The van der Waals surface area contributed by atoms with Crippen molar-refractivity contribution in [3.63, 3.8) is 0 Å². The molecule has 0 bridgehead atoms. The normalized spacial score (nSPS) is 37.0. The monoisotopic (exact) mass is 166 g/mol. The van der Waals surface area contributed by atoms with E-state index in [4.69, 9.17) is 0 Å². The van der Waals surface area contributed by atoms with Gasteiger partial charge in [-0.25, -0.2) is 0 Å². The van der Waals surface area contributed by atoms with Crippen molar-refractivity contribution in [3.8, 4) is 0 Å². The van der Waals surface area contributed by atoms with E-state index in [1.165, 1.54) is 12.8 Å². The summed E-state index contributed by atoms with van der Waals surface area (Å²) in [5.41, 5.74) is 0.290. The maximum Gasteiger partial charge on any atom is 0.123 e. The van der Waals surface area contributed by atoms with Crippen molar-refractivity contribution in [3.05, 3.63) is 12.2 Å². The van der Waals surface area contributed by atoms with Crippen LogP contribution in [0, 0.1) is 11.3 Å². The first kappa shape index (κ1) is 9.50. The Morgan fingerprint density at radius 2 is 2.25 bits per heavy atom. The standard InChI is InChI=1S/C11H18O/c1-3-6-11(2)7-4-5-10(8-11)9-12/h3,6,9-10H,4-5,7-8H2,1-2H3/b6-3+. The summed E-state index contributed by atoms with van der Waals surface area (Å²) in [6.07, 6.45) is 10.1. The molecule has 1 aliphatic rings. The lowest BCUT2D eigenvalue weighted by Crippen LogP contribution is -2.24. The molecule has 1 rings (SSSR count). The highest BCUT2D eigenvalue weighted by Gasteiger charge is 2.29. The molecule has 2 atom stereocenters. The zero-order valence-corrected chi connectivity index (χ0v) is 8.05. The van der Waals surface area contributed by atoms with Gasteiger partial charge >= 0.3 is 0 Å². The molecule has 0 amide bonds. The van der Waals surface area contributed by atoms with Gasteiger partial charge in [0.15, 0.2) is 0 Å². The van der Waals surface area contributed by atoms with Crippen molar-refractivity contribution in [1.29, 1.82) is 0 Å². The molecule has 0 saturated heterocycles. The Morgan fingerprint density at radius 3 is 2.83 bits per heavy atom. The van der Waals surface area contributed by atoms with Crippen LogP contribution in [0.1, 0.15) is 39.5 Å². The zero-order chi connectivity index (χ0) is 9.03. The van der Waals surface area contributed by atoms with Crippen molar-refractivity contribution in [2.75, 3.05) is 0 Å². The van der Waals surface area contributed by atoms with Gasteiger partial charge in [0.05, 0.1) is 0 Å². The molecule has 12 heavy (non-hydrogen) atoms. The third-order valence-corrected chi connectivity index (χ3v) is 2.81. The third kappa shape index (κ3) is 2.20. The van der Waals surface area contributed by atoms with Crippen molar-refractivity contribution in [2.24, 2.45) is 11.3 Å². The van der Waals surface area contributed by atoms with Crippen LogP contribution >= 0.6 is 0 Å². The van der Waals surface area contributed by atoms with Gasteiger partial charge in [0.25, 0.3) is 0 Å². The molecule has 1 saturated carbocycles. The van der Waals surface area contributed by atoms with E-state index in [1.54, 1.807) is 0 Å². The summed E-state index contributed by atoms with van der Waals surface area (Å²) < 4.78 is 0. The molecule has 0 spiro atoms. The van der Waals surface area contributed by atoms with Crippen LogP contribution in [0.5, 0.6) is 0 Å². The Kier molecular flexibility index (Phi) is 3.07. The van der Waals surface area contributed by atoms with Crippen molar-refractivity contribution >= 4 is 6.29 Å². The molecule has 1 fully saturated rings. The van der Waals surface area contributed by atoms with Crippen LogP contribution in [-0.4, -0.2) is 6.29 Å². The van der Waals surface area contributed by atoms with Gasteiger partial charge in [-0.1, -0.05) is 25.5 Å². The van der Waals surface area contributed by atoms with Crippen LogP contribution in [0.15, 0.2) is 12.2 Å². The molecule has 0 N–H and O–H groups in total. The summed E-state index contributed by atoms with van der Waals surface area (Å²) >= 11 is 0. The second-order valence-corrected chi connectivity index (χ2v) is 4.15. The van der Waals surface area contributed by atoms with Gasteiger partial charge in [0, 0.05) is 5.92 Å². The third-order valence-electron chi connectivity index (χ3n) is 2.81. The Balaban J connectivity index is 2.60. The van der Waals surface area contributed by atoms with Crippen LogP contribution in [0.25, 0.3) is 0 Å². The number of hydrogen-bond acceptors (Lipinski definition) is 1. The second kappa shape index (κ2) is 3.88. The van der Waals surface area contributed by atoms with E-state index in [-0.39, 0.29) is 0 Å². The fourth-order valence-electron chi connectivity index (χ4n) is 2.24. The lowest BCUT2D eigenvalue weighted by Gasteiger charge is -2.33. The Labute approximate surface area is 74.9 Å². The summed E-state index contributed by atoms with van der Waals surface area (Å²) in [7, 11) is 0. The largest absolute Gasteiger partial charge is 0.303 e. The fraction of sp³-hybridized carbons (Fsp3) is 0.727. The molecule has 0 aliphatic heterocycles. The maximum atomic E-state index is 10.6. The van der Waals surface area contributed by atoms with Gasteiger partial charge in [-0.3, -0.25) is 0 Å². The Hall–Kier alpha value is -0.590. The zero-order valence-electron chi connectivity index (χ0n) is 8.05. The van der Waals surface area contributed by atoms with Gasteiger partial charge in [-0.05, 0) is 31.6 Å². The van der Waals surface area contributed by atoms with E-state index in [9.17, 15) is 4.79 Å². The van der Waals surface area contributed by atoms with Crippen LogP contribution in [0.4, 0.5) is 0 Å². The van der Waals surface area contributed by atoms with Gasteiger partial charge in [-0.2, -0.15) is 0 Å². The van der Waals surface area contributed by atoms with Crippen LogP contribution in [0.3, 0.4) is 0 Å². The Bertz CT molecular complexity index is 183. The van der Waals surface area contributed by atoms with E-state index in [1.807, 2.05) is 0 Å². The minimum Gasteiger partial charge on any atom is -0.303 e. The molecule has 0 aromatic rings. The predicted octanol–water partition coefficient (Wildman–Crippen LogP) is 2.96. The number of aldehydes is 1. The first-order chi connectivity index (χ1) is 5.70. The summed E-state index contributed by atoms with van der Waals surface area (Å²) in [5.74, 6) is 0.306. The molecular weight excluding hydrogens is 148 g/mol. The SMILES string of the molecule is C/C=C/C1(C)CCCC(C=O)C1. The minimum atomic E-state index is 0.290. The van der Waals surface area contributed by atoms with E-state index in [2.05, 4.69) is 26.0 Å². The van der Waals surface area contributed by atoms with Crippen LogP contribution < -0.4 is 0 Å². The predicted molar refractivity (Wildman–Crippen MR) is 50.9 cm³/mol. The van der Waals surface area contributed by atoms with E-state index in [0.29, 0.717) is 11.3 Å². The van der Waals surface area contributed by atoms with Gasteiger partial charge in [0.2, 0.25) is 0 Å².